The van der Waals surface area contributed by atoms with E-state index in [1.165, 1.54) is 0 Å². The van der Waals surface area contributed by atoms with Crippen LogP contribution in [0.15, 0.2) is 0 Å². The Morgan fingerprint density at radius 1 is 1.06 bits per heavy atom. The Morgan fingerprint density at radius 3 is 1.81 bits per heavy atom. The molecule has 0 aliphatic carbocycles. The molecule has 0 rings (SSSR count). The van der Waals surface area contributed by atoms with Gasteiger partial charge in [-0.15, -0.1) is 0 Å². The molecule has 0 heterocycles. The van der Waals surface area contributed by atoms with Gasteiger partial charge in [0, 0.05) is 32.4 Å². The summed E-state index contributed by atoms with van der Waals surface area (Å²) in [5.41, 5.74) is 0. The van der Waals surface area contributed by atoms with Gasteiger partial charge >= 0.3 is 8.80 Å². The molecule has 7 heteroatoms. The highest BCUT2D eigenvalue weighted by Crippen LogP contribution is 2.17. The summed E-state index contributed by atoms with van der Waals surface area (Å²) in [4.78, 5) is 0. The lowest BCUT2D eigenvalue weighted by molar-refractivity contribution is 0.0705. The van der Waals surface area contributed by atoms with Crippen LogP contribution < -0.4 is 5.84 Å². The van der Waals surface area contributed by atoms with Gasteiger partial charge in [-0.1, -0.05) is 0 Å². The predicted octanol–water partition coefficient (Wildman–Crippen LogP) is -0.119. The summed E-state index contributed by atoms with van der Waals surface area (Å²) in [5.74, 6) is 5.63. The van der Waals surface area contributed by atoms with Gasteiger partial charge in [-0.2, -0.15) is 0 Å². The maximum Gasteiger partial charge on any atom is 0.500 e. The zero-order valence-corrected chi connectivity index (χ0v) is 14.0. The lowest BCUT2D eigenvalue weighted by Gasteiger charge is -2.28. The number of nitrogens with two attached hydrogens (primary N) is 1. The third kappa shape index (κ3) is 6.74. The molecule has 0 radical (unpaired) electrons. The fourth-order valence-electron chi connectivity index (χ4n) is 1.55. The monoisotopic (exact) mass is 266 g/mol. The van der Waals surface area contributed by atoms with Crippen LogP contribution in [0.2, 0.25) is 6.04 Å². The molecular formula is C9H26N2O3Si2. The zero-order chi connectivity index (χ0) is 12.4. The molecule has 0 saturated carbocycles. The highest BCUT2D eigenvalue weighted by molar-refractivity contribution is 6.60. The molecule has 98 valence electrons. The zero-order valence-electron chi connectivity index (χ0n) is 11.0. The molecule has 16 heavy (non-hydrogen) atoms. The molecular weight excluding hydrogens is 240 g/mol. The van der Waals surface area contributed by atoms with Crippen molar-refractivity contribution >= 4 is 19.2 Å². The van der Waals surface area contributed by atoms with Gasteiger partial charge in [0.05, 0.1) is 10.4 Å². The SMILES string of the molecule is CCO[Si](CCCN(N)[SiH3])(OCC)OCC. The summed E-state index contributed by atoms with van der Waals surface area (Å²) in [6.07, 6.45) is 0.965. The van der Waals surface area contributed by atoms with Crippen LogP contribution in [-0.4, -0.2) is 50.2 Å². The summed E-state index contributed by atoms with van der Waals surface area (Å²) in [6.45, 7) is 8.72. The Morgan fingerprint density at radius 2 is 1.50 bits per heavy atom. The van der Waals surface area contributed by atoms with Crippen molar-refractivity contribution in [3.05, 3.63) is 0 Å². The van der Waals surface area contributed by atoms with Crippen molar-refractivity contribution < 1.29 is 13.3 Å². The van der Waals surface area contributed by atoms with E-state index >= 15 is 0 Å². The molecule has 2 N–H and O–H groups in total. The van der Waals surface area contributed by atoms with Crippen LogP contribution in [0.5, 0.6) is 0 Å². The van der Waals surface area contributed by atoms with Crippen molar-refractivity contribution in [1.82, 2.24) is 4.67 Å². The molecule has 0 aliphatic heterocycles. The number of hydrazine groups is 1. The van der Waals surface area contributed by atoms with E-state index in [9.17, 15) is 0 Å². The standard InChI is InChI=1S/C9H26N2O3Si2/c1-4-12-16(13-5-2,14-6-3)9-7-8-11(10)15/h4-10H2,1-3,15H3. The molecule has 0 spiro atoms. The Balaban J connectivity index is 4.23. The predicted molar refractivity (Wildman–Crippen MR) is 70.9 cm³/mol. The summed E-state index contributed by atoms with van der Waals surface area (Å²) in [7, 11) is -1.55. The smallest absolute Gasteiger partial charge is 0.374 e. The Hall–Kier alpha value is 0.234. The average molecular weight is 266 g/mol. The van der Waals surface area contributed by atoms with Gasteiger partial charge in [0.2, 0.25) is 0 Å². The maximum absolute atomic E-state index is 5.74. The van der Waals surface area contributed by atoms with E-state index < -0.39 is 8.80 Å². The van der Waals surface area contributed by atoms with Gasteiger partial charge < -0.3 is 13.3 Å². The van der Waals surface area contributed by atoms with Gasteiger partial charge in [0.1, 0.15) is 0 Å². The number of hydrogen-bond donors (Lipinski definition) is 1. The Labute approximate surface area is 103 Å². The second-order valence-corrected chi connectivity index (χ2v) is 7.45. The third-order valence-corrected chi connectivity index (χ3v) is 5.69. The molecule has 0 aromatic rings. The van der Waals surface area contributed by atoms with Crippen molar-refractivity contribution in [1.29, 1.82) is 0 Å². The molecule has 0 saturated heterocycles. The first-order chi connectivity index (χ1) is 7.60. The van der Waals surface area contributed by atoms with E-state index in [0.717, 1.165) is 29.4 Å². The van der Waals surface area contributed by atoms with E-state index in [1.807, 2.05) is 25.4 Å². The fourth-order valence-corrected chi connectivity index (χ4v) is 4.46. The molecule has 0 atom stereocenters. The highest BCUT2D eigenvalue weighted by atomic mass is 28.4. The third-order valence-electron chi connectivity index (χ3n) is 2.09. The van der Waals surface area contributed by atoms with Gasteiger partial charge in [0.25, 0.3) is 0 Å². The van der Waals surface area contributed by atoms with Crippen LogP contribution in [0.25, 0.3) is 0 Å². The van der Waals surface area contributed by atoms with Crippen LogP contribution in [-0.2, 0) is 13.3 Å². The van der Waals surface area contributed by atoms with E-state index in [-0.39, 0.29) is 0 Å². The van der Waals surface area contributed by atoms with Crippen molar-refractivity contribution in [3.8, 4) is 0 Å². The molecule has 0 aromatic heterocycles. The molecule has 0 aliphatic rings. The Bertz CT molecular complexity index is 156. The summed E-state index contributed by atoms with van der Waals surface area (Å²) < 4.78 is 19.0. The second-order valence-electron chi connectivity index (χ2n) is 3.57. The molecule has 0 amide bonds. The van der Waals surface area contributed by atoms with Crippen LogP contribution in [0.3, 0.4) is 0 Å². The minimum Gasteiger partial charge on any atom is -0.374 e. The van der Waals surface area contributed by atoms with Crippen LogP contribution in [0.1, 0.15) is 27.2 Å². The molecule has 5 nitrogen and oxygen atoms in total. The first-order valence-electron chi connectivity index (χ1n) is 5.97. The lowest BCUT2D eigenvalue weighted by Crippen LogP contribution is -2.46. The molecule has 0 unspecified atom stereocenters. The van der Waals surface area contributed by atoms with E-state index in [0.29, 0.717) is 19.8 Å². The van der Waals surface area contributed by atoms with Crippen LogP contribution in [0, 0.1) is 0 Å². The lowest BCUT2D eigenvalue weighted by atomic mass is 10.5. The van der Waals surface area contributed by atoms with Gasteiger partial charge in [-0.05, 0) is 27.2 Å². The van der Waals surface area contributed by atoms with Gasteiger partial charge in [-0.25, -0.2) is 0 Å². The number of hydrogen-bond acceptors (Lipinski definition) is 5. The summed E-state index contributed by atoms with van der Waals surface area (Å²) >= 11 is 0. The van der Waals surface area contributed by atoms with Crippen LogP contribution >= 0.6 is 0 Å². The quantitative estimate of drug-likeness (QED) is 0.339. The fraction of sp³-hybridized carbons (Fsp3) is 1.00. The second kappa shape index (κ2) is 9.28. The largest absolute Gasteiger partial charge is 0.500 e. The first kappa shape index (κ1) is 16.2. The molecule has 0 bridgehead atoms. The van der Waals surface area contributed by atoms with Crippen molar-refractivity contribution in [2.75, 3.05) is 26.4 Å². The molecule has 0 aromatic carbocycles. The summed E-state index contributed by atoms with van der Waals surface area (Å²) in [5, 5.41) is 0. The highest BCUT2D eigenvalue weighted by Gasteiger charge is 2.39. The number of rotatable bonds is 10. The normalized spacial score (nSPS) is 12.6. The Kier molecular flexibility index (Phi) is 9.42. The van der Waals surface area contributed by atoms with Gasteiger partial charge in [-0.3, -0.25) is 10.5 Å². The maximum atomic E-state index is 5.74. The topological polar surface area (TPSA) is 57.0 Å². The van der Waals surface area contributed by atoms with Gasteiger partial charge in [0.15, 0.2) is 0 Å². The number of nitrogens with zero attached hydrogens (tertiary/aromatic N) is 1. The minimum atomic E-state index is -2.43. The van der Waals surface area contributed by atoms with E-state index in [1.54, 1.807) is 0 Å². The van der Waals surface area contributed by atoms with E-state index in [4.69, 9.17) is 19.1 Å². The first-order valence-corrected chi connectivity index (χ1v) is 8.80. The average Bonchev–Trinajstić information content (AvgIpc) is 2.18. The van der Waals surface area contributed by atoms with Crippen molar-refractivity contribution in [3.63, 3.8) is 0 Å². The minimum absolute atomic E-state index is 0.638. The van der Waals surface area contributed by atoms with Crippen molar-refractivity contribution in [2.24, 2.45) is 5.84 Å². The van der Waals surface area contributed by atoms with Crippen molar-refractivity contribution in [2.45, 2.75) is 33.2 Å². The van der Waals surface area contributed by atoms with Crippen LogP contribution in [0.4, 0.5) is 0 Å². The summed E-state index contributed by atoms with van der Waals surface area (Å²) in [6, 6.07) is 0.846. The molecule has 0 fully saturated rings. The van der Waals surface area contributed by atoms with E-state index in [2.05, 4.69) is 0 Å².